The molecule has 0 aliphatic carbocycles. The molecule has 0 bridgehead atoms. The summed E-state index contributed by atoms with van der Waals surface area (Å²) >= 11 is 7.47. The maximum Gasteiger partial charge on any atom is 0.274 e. The lowest BCUT2D eigenvalue weighted by molar-refractivity contribution is 0.0953. The SMILES string of the molecule is Cc1ccccc1Nc1nc(Cl)c(/C=N/NC(=O)c2ccoc2C)s1. The zero-order valence-corrected chi connectivity index (χ0v) is 15.1. The smallest absolute Gasteiger partial charge is 0.274 e. The van der Waals surface area contributed by atoms with Crippen LogP contribution in [0.1, 0.15) is 26.6 Å². The van der Waals surface area contributed by atoms with E-state index in [1.54, 1.807) is 13.0 Å². The normalized spacial score (nSPS) is 11.0. The summed E-state index contributed by atoms with van der Waals surface area (Å²) in [6, 6.07) is 9.47. The van der Waals surface area contributed by atoms with Gasteiger partial charge in [-0.3, -0.25) is 4.79 Å². The van der Waals surface area contributed by atoms with Crippen LogP contribution in [0.5, 0.6) is 0 Å². The molecule has 25 heavy (non-hydrogen) atoms. The van der Waals surface area contributed by atoms with E-state index in [1.165, 1.54) is 23.8 Å². The number of thiazole rings is 1. The van der Waals surface area contributed by atoms with Crippen LogP contribution < -0.4 is 10.7 Å². The number of aryl methyl sites for hydroxylation is 2. The number of carbonyl (C=O) groups excluding carboxylic acids is 1. The van der Waals surface area contributed by atoms with Crippen LogP contribution in [0.15, 0.2) is 46.1 Å². The zero-order valence-electron chi connectivity index (χ0n) is 13.5. The van der Waals surface area contributed by atoms with Gasteiger partial charge >= 0.3 is 0 Å². The maximum atomic E-state index is 11.9. The highest BCUT2D eigenvalue weighted by Gasteiger charge is 2.11. The Balaban J connectivity index is 1.67. The molecule has 128 valence electrons. The number of hydrogen-bond acceptors (Lipinski definition) is 6. The predicted molar refractivity (Wildman–Crippen MR) is 100 cm³/mol. The number of furan rings is 1. The van der Waals surface area contributed by atoms with E-state index in [1.807, 2.05) is 31.2 Å². The second-order valence-corrected chi connectivity index (χ2v) is 6.59. The van der Waals surface area contributed by atoms with Crippen molar-refractivity contribution in [3.05, 3.63) is 63.5 Å². The van der Waals surface area contributed by atoms with Crippen LogP contribution in [-0.4, -0.2) is 17.1 Å². The number of anilines is 2. The fraction of sp³-hybridized carbons (Fsp3) is 0.118. The minimum absolute atomic E-state index is 0.318. The Labute approximate surface area is 153 Å². The van der Waals surface area contributed by atoms with Gasteiger partial charge in [0.1, 0.15) is 5.76 Å². The van der Waals surface area contributed by atoms with Crippen LogP contribution in [0.25, 0.3) is 0 Å². The van der Waals surface area contributed by atoms with Gasteiger partial charge in [0.15, 0.2) is 10.3 Å². The molecule has 6 nitrogen and oxygen atoms in total. The summed E-state index contributed by atoms with van der Waals surface area (Å²) in [4.78, 5) is 16.8. The molecule has 3 aromatic rings. The first kappa shape index (κ1) is 17.2. The zero-order chi connectivity index (χ0) is 17.8. The number of rotatable bonds is 5. The Morgan fingerprint density at radius 3 is 2.84 bits per heavy atom. The molecule has 1 amide bonds. The van der Waals surface area contributed by atoms with E-state index in [4.69, 9.17) is 16.0 Å². The summed E-state index contributed by atoms with van der Waals surface area (Å²) in [6.07, 6.45) is 2.92. The topological polar surface area (TPSA) is 79.5 Å². The first-order valence-corrected chi connectivity index (χ1v) is 8.60. The van der Waals surface area contributed by atoms with E-state index >= 15 is 0 Å². The van der Waals surface area contributed by atoms with Crippen molar-refractivity contribution in [2.75, 3.05) is 5.32 Å². The van der Waals surface area contributed by atoms with E-state index < -0.39 is 0 Å². The lowest BCUT2D eigenvalue weighted by Gasteiger charge is -2.05. The quantitative estimate of drug-likeness (QED) is 0.508. The summed E-state index contributed by atoms with van der Waals surface area (Å²) in [6.45, 7) is 3.72. The van der Waals surface area contributed by atoms with Crippen molar-refractivity contribution in [2.24, 2.45) is 5.10 Å². The lowest BCUT2D eigenvalue weighted by Crippen LogP contribution is -2.17. The highest BCUT2D eigenvalue weighted by atomic mass is 35.5. The molecule has 8 heteroatoms. The number of amides is 1. The molecule has 2 heterocycles. The molecular formula is C17H15ClN4O2S. The van der Waals surface area contributed by atoms with Crippen LogP contribution in [0.4, 0.5) is 10.8 Å². The fourth-order valence-corrected chi connectivity index (χ4v) is 3.15. The van der Waals surface area contributed by atoms with Gasteiger partial charge in [0.25, 0.3) is 5.91 Å². The van der Waals surface area contributed by atoms with Crippen molar-refractivity contribution in [3.8, 4) is 0 Å². The van der Waals surface area contributed by atoms with Gasteiger partial charge in [-0.15, -0.1) is 0 Å². The maximum absolute atomic E-state index is 11.9. The predicted octanol–water partition coefficient (Wildman–Crippen LogP) is 4.51. The van der Waals surface area contributed by atoms with Crippen molar-refractivity contribution in [2.45, 2.75) is 13.8 Å². The number of halogens is 1. The van der Waals surface area contributed by atoms with Crippen molar-refractivity contribution >= 4 is 45.9 Å². The van der Waals surface area contributed by atoms with Crippen LogP contribution >= 0.6 is 22.9 Å². The van der Waals surface area contributed by atoms with E-state index in [0.717, 1.165) is 11.3 Å². The second kappa shape index (κ2) is 7.50. The van der Waals surface area contributed by atoms with Gasteiger partial charge < -0.3 is 9.73 Å². The summed E-state index contributed by atoms with van der Waals surface area (Å²) in [5.74, 6) is 0.189. The Kier molecular flexibility index (Phi) is 5.16. The third-order valence-corrected chi connectivity index (χ3v) is 4.75. The highest BCUT2D eigenvalue weighted by molar-refractivity contribution is 7.17. The molecule has 0 saturated carbocycles. The van der Waals surface area contributed by atoms with Crippen LogP contribution in [0.2, 0.25) is 5.15 Å². The highest BCUT2D eigenvalue weighted by Crippen LogP contribution is 2.28. The Bertz CT molecular complexity index is 932. The third kappa shape index (κ3) is 4.07. The number of para-hydroxylation sites is 1. The summed E-state index contributed by atoms with van der Waals surface area (Å²) in [7, 11) is 0. The van der Waals surface area contributed by atoms with Gasteiger partial charge in [-0.2, -0.15) is 5.10 Å². The summed E-state index contributed by atoms with van der Waals surface area (Å²) < 4.78 is 5.09. The number of nitrogens with zero attached hydrogens (tertiary/aromatic N) is 2. The summed E-state index contributed by atoms with van der Waals surface area (Å²) in [5, 5.41) is 8.12. The number of nitrogens with one attached hydrogen (secondary N) is 2. The number of hydrogen-bond donors (Lipinski definition) is 2. The van der Waals surface area contributed by atoms with Gasteiger partial charge in [-0.25, -0.2) is 10.4 Å². The van der Waals surface area contributed by atoms with E-state index in [2.05, 4.69) is 20.8 Å². The first-order chi connectivity index (χ1) is 12.0. The van der Waals surface area contributed by atoms with Gasteiger partial charge in [0, 0.05) is 5.69 Å². The molecule has 0 radical (unpaired) electrons. The lowest BCUT2D eigenvalue weighted by atomic mass is 10.2. The van der Waals surface area contributed by atoms with Gasteiger partial charge in [0.2, 0.25) is 0 Å². The molecule has 2 N–H and O–H groups in total. The number of carbonyl (C=O) groups is 1. The van der Waals surface area contributed by atoms with E-state index in [-0.39, 0.29) is 5.91 Å². The molecule has 0 saturated heterocycles. The molecule has 0 unspecified atom stereocenters. The van der Waals surface area contributed by atoms with Crippen LogP contribution in [0, 0.1) is 13.8 Å². The first-order valence-electron chi connectivity index (χ1n) is 7.41. The second-order valence-electron chi connectivity index (χ2n) is 5.20. The molecule has 1 aromatic carbocycles. The third-order valence-electron chi connectivity index (χ3n) is 3.45. The van der Waals surface area contributed by atoms with Crippen LogP contribution in [-0.2, 0) is 0 Å². The van der Waals surface area contributed by atoms with E-state index in [9.17, 15) is 4.79 Å². The fourth-order valence-electron chi connectivity index (χ4n) is 2.11. The Morgan fingerprint density at radius 2 is 2.12 bits per heavy atom. The molecule has 0 aliphatic rings. The van der Waals surface area contributed by atoms with Crippen molar-refractivity contribution in [3.63, 3.8) is 0 Å². The molecule has 0 spiro atoms. The monoisotopic (exact) mass is 374 g/mol. The van der Waals surface area contributed by atoms with Gasteiger partial charge in [-0.05, 0) is 31.5 Å². The van der Waals surface area contributed by atoms with Crippen molar-refractivity contribution in [1.29, 1.82) is 0 Å². The molecular weight excluding hydrogens is 360 g/mol. The molecule has 0 atom stereocenters. The average Bonchev–Trinajstić information content (AvgIpc) is 3.15. The largest absolute Gasteiger partial charge is 0.469 e. The molecule has 3 rings (SSSR count). The van der Waals surface area contributed by atoms with Crippen molar-refractivity contribution < 1.29 is 9.21 Å². The standard InChI is InChI=1S/C17H15ClN4O2S/c1-10-5-3-4-6-13(10)20-17-21-15(18)14(25-17)9-19-22-16(23)12-7-8-24-11(12)2/h3-9H,1-2H3,(H,20,21)(H,22,23)/b19-9+. The van der Waals surface area contributed by atoms with Crippen molar-refractivity contribution in [1.82, 2.24) is 10.4 Å². The average molecular weight is 375 g/mol. The Morgan fingerprint density at radius 1 is 1.32 bits per heavy atom. The number of aromatic nitrogens is 1. The molecule has 2 aromatic heterocycles. The minimum atomic E-state index is -0.346. The van der Waals surface area contributed by atoms with E-state index in [0.29, 0.717) is 26.5 Å². The Hall–Kier alpha value is -2.64. The number of benzene rings is 1. The van der Waals surface area contributed by atoms with Gasteiger partial charge in [0.05, 0.1) is 22.9 Å². The minimum Gasteiger partial charge on any atom is -0.469 e. The molecule has 0 aliphatic heterocycles. The summed E-state index contributed by atoms with van der Waals surface area (Å²) in [5.41, 5.74) is 4.94. The number of hydrazone groups is 1. The van der Waals surface area contributed by atoms with Crippen LogP contribution in [0.3, 0.4) is 0 Å². The van der Waals surface area contributed by atoms with Gasteiger partial charge in [-0.1, -0.05) is 41.1 Å². The molecule has 0 fully saturated rings.